The van der Waals surface area contributed by atoms with Crippen molar-refractivity contribution in [1.29, 1.82) is 0 Å². The fourth-order valence-electron chi connectivity index (χ4n) is 1.42. The first-order chi connectivity index (χ1) is 6.99. The van der Waals surface area contributed by atoms with Gasteiger partial charge in [0.25, 0.3) is 0 Å². The van der Waals surface area contributed by atoms with Crippen LogP contribution in [-0.4, -0.2) is 21.0 Å². The summed E-state index contributed by atoms with van der Waals surface area (Å²) in [5.74, 6) is 0.319. The van der Waals surface area contributed by atoms with Gasteiger partial charge >= 0.3 is 5.97 Å². The number of carbonyl (C=O) groups is 1. The second-order valence-corrected chi connectivity index (χ2v) is 4.06. The Labute approximate surface area is 89.4 Å². The molecule has 0 unspecified atom stereocenters. The molecule has 4 heteroatoms. The topological polar surface area (TPSA) is 63.1 Å². The van der Waals surface area contributed by atoms with E-state index in [9.17, 15) is 4.79 Å². The monoisotopic (exact) mass is 208 g/mol. The molecule has 1 aromatic rings. The minimum absolute atomic E-state index is 0.00231. The summed E-state index contributed by atoms with van der Waals surface area (Å²) in [6.07, 6.45) is 2.42. The molecule has 4 nitrogen and oxygen atoms in total. The van der Waals surface area contributed by atoms with Crippen LogP contribution < -0.4 is 0 Å². The summed E-state index contributed by atoms with van der Waals surface area (Å²) in [6, 6.07) is 0. The van der Waals surface area contributed by atoms with Crippen LogP contribution in [0.5, 0.6) is 0 Å². The van der Waals surface area contributed by atoms with Crippen LogP contribution in [0.15, 0.2) is 6.20 Å². The Hall–Kier alpha value is -1.45. The Bertz CT molecular complexity index is 362. The van der Waals surface area contributed by atoms with Crippen molar-refractivity contribution in [3.8, 4) is 0 Å². The van der Waals surface area contributed by atoms with Crippen molar-refractivity contribution in [3.63, 3.8) is 0 Å². The Kier molecular flexibility index (Phi) is 3.77. The van der Waals surface area contributed by atoms with Crippen LogP contribution in [0.4, 0.5) is 0 Å². The maximum Gasteiger partial charge on any atom is 0.307 e. The Morgan fingerprint density at radius 2 is 2.20 bits per heavy atom. The maximum absolute atomic E-state index is 10.6. The van der Waals surface area contributed by atoms with Crippen molar-refractivity contribution < 1.29 is 9.90 Å². The van der Waals surface area contributed by atoms with Crippen LogP contribution in [0, 0.1) is 12.8 Å². The van der Waals surface area contributed by atoms with Gasteiger partial charge in [0.2, 0.25) is 0 Å². The van der Waals surface area contributed by atoms with Gasteiger partial charge in [0.15, 0.2) is 0 Å². The molecule has 0 aliphatic rings. The number of rotatable bonds is 4. The van der Waals surface area contributed by atoms with Crippen molar-refractivity contribution in [2.45, 2.75) is 33.6 Å². The molecule has 1 N–H and O–H groups in total. The van der Waals surface area contributed by atoms with Gasteiger partial charge in [0, 0.05) is 17.5 Å². The summed E-state index contributed by atoms with van der Waals surface area (Å²) in [4.78, 5) is 19.0. The van der Waals surface area contributed by atoms with Crippen molar-refractivity contribution >= 4 is 5.97 Å². The molecular formula is C11H16N2O2. The SMILES string of the molecule is Cc1ncc(CC(=O)O)c(CC(C)C)n1. The number of hydrogen-bond acceptors (Lipinski definition) is 3. The summed E-state index contributed by atoms with van der Waals surface area (Å²) in [5, 5.41) is 8.74. The minimum Gasteiger partial charge on any atom is -0.481 e. The first kappa shape index (κ1) is 11.6. The Balaban J connectivity index is 2.97. The van der Waals surface area contributed by atoms with E-state index in [-0.39, 0.29) is 6.42 Å². The van der Waals surface area contributed by atoms with E-state index in [0.29, 0.717) is 11.7 Å². The summed E-state index contributed by atoms with van der Waals surface area (Å²) in [7, 11) is 0. The zero-order valence-corrected chi connectivity index (χ0v) is 9.32. The normalized spacial score (nSPS) is 10.7. The number of hydrogen-bond donors (Lipinski definition) is 1. The number of aryl methyl sites for hydroxylation is 1. The van der Waals surface area contributed by atoms with Gasteiger partial charge in [-0.3, -0.25) is 4.79 Å². The standard InChI is InChI=1S/C11H16N2O2/c1-7(2)4-10-9(5-11(14)15)6-12-8(3)13-10/h6-7H,4-5H2,1-3H3,(H,14,15). The molecular weight excluding hydrogens is 192 g/mol. The molecule has 0 aliphatic heterocycles. The molecule has 15 heavy (non-hydrogen) atoms. The quantitative estimate of drug-likeness (QED) is 0.816. The molecule has 0 bridgehead atoms. The van der Waals surface area contributed by atoms with Crippen LogP contribution in [0.3, 0.4) is 0 Å². The third-order valence-electron chi connectivity index (χ3n) is 2.02. The lowest BCUT2D eigenvalue weighted by molar-refractivity contribution is -0.136. The predicted molar refractivity (Wildman–Crippen MR) is 56.7 cm³/mol. The molecule has 1 rings (SSSR count). The second kappa shape index (κ2) is 4.87. The van der Waals surface area contributed by atoms with E-state index < -0.39 is 5.97 Å². The summed E-state index contributed by atoms with van der Waals surface area (Å²) < 4.78 is 0. The molecule has 0 aromatic carbocycles. The van der Waals surface area contributed by atoms with Crippen LogP contribution in [-0.2, 0) is 17.6 Å². The van der Waals surface area contributed by atoms with Gasteiger partial charge in [-0.15, -0.1) is 0 Å². The van der Waals surface area contributed by atoms with Gasteiger partial charge in [-0.25, -0.2) is 9.97 Å². The van der Waals surface area contributed by atoms with E-state index in [4.69, 9.17) is 5.11 Å². The van der Waals surface area contributed by atoms with Gasteiger partial charge in [-0.1, -0.05) is 13.8 Å². The smallest absolute Gasteiger partial charge is 0.307 e. The molecule has 0 fully saturated rings. The number of nitrogens with zero attached hydrogens (tertiary/aromatic N) is 2. The number of aliphatic carboxylic acids is 1. The highest BCUT2D eigenvalue weighted by Crippen LogP contribution is 2.11. The predicted octanol–water partition coefficient (Wildman–Crippen LogP) is 1.61. The van der Waals surface area contributed by atoms with Gasteiger partial charge in [-0.05, 0) is 19.3 Å². The summed E-state index contributed by atoms with van der Waals surface area (Å²) in [6.45, 7) is 5.98. The molecule has 0 atom stereocenters. The molecule has 0 saturated heterocycles. The van der Waals surface area contributed by atoms with Crippen LogP contribution >= 0.6 is 0 Å². The molecule has 1 aromatic heterocycles. The maximum atomic E-state index is 10.6. The highest BCUT2D eigenvalue weighted by Gasteiger charge is 2.10. The van der Waals surface area contributed by atoms with Gasteiger partial charge in [0.1, 0.15) is 5.82 Å². The third kappa shape index (κ3) is 3.65. The average Bonchev–Trinajstić information content (AvgIpc) is 2.08. The molecule has 0 amide bonds. The van der Waals surface area contributed by atoms with Gasteiger partial charge in [0.05, 0.1) is 6.42 Å². The zero-order chi connectivity index (χ0) is 11.4. The number of carboxylic acids is 1. The van der Waals surface area contributed by atoms with E-state index in [1.165, 1.54) is 0 Å². The first-order valence-corrected chi connectivity index (χ1v) is 5.02. The van der Waals surface area contributed by atoms with Gasteiger partial charge in [-0.2, -0.15) is 0 Å². The molecule has 82 valence electrons. The lowest BCUT2D eigenvalue weighted by atomic mass is 10.0. The van der Waals surface area contributed by atoms with E-state index >= 15 is 0 Å². The molecule has 0 saturated carbocycles. The largest absolute Gasteiger partial charge is 0.481 e. The Morgan fingerprint density at radius 3 is 2.73 bits per heavy atom. The first-order valence-electron chi connectivity index (χ1n) is 5.02. The van der Waals surface area contributed by atoms with E-state index in [1.54, 1.807) is 6.20 Å². The second-order valence-electron chi connectivity index (χ2n) is 4.06. The van der Waals surface area contributed by atoms with Crippen molar-refractivity contribution in [2.75, 3.05) is 0 Å². The minimum atomic E-state index is -0.840. The summed E-state index contributed by atoms with van der Waals surface area (Å²) in [5.41, 5.74) is 1.58. The Morgan fingerprint density at radius 1 is 1.53 bits per heavy atom. The summed E-state index contributed by atoms with van der Waals surface area (Å²) >= 11 is 0. The lowest BCUT2D eigenvalue weighted by Crippen LogP contribution is -2.09. The van der Waals surface area contributed by atoms with Gasteiger partial charge < -0.3 is 5.11 Å². The highest BCUT2D eigenvalue weighted by atomic mass is 16.4. The van der Waals surface area contributed by atoms with Crippen LogP contribution in [0.1, 0.15) is 30.9 Å². The van der Waals surface area contributed by atoms with E-state index in [1.807, 2.05) is 6.92 Å². The fourth-order valence-corrected chi connectivity index (χ4v) is 1.42. The highest BCUT2D eigenvalue weighted by molar-refractivity contribution is 5.70. The third-order valence-corrected chi connectivity index (χ3v) is 2.02. The van der Waals surface area contributed by atoms with E-state index in [0.717, 1.165) is 17.7 Å². The van der Waals surface area contributed by atoms with Crippen molar-refractivity contribution in [3.05, 3.63) is 23.3 Å². The average molecular weight is 208 g/mol. The van der Waals surface area contributed by atoms with Crippen LogP contribution in [0.25, 0.3) is 0 Å². The zero-order valence-electron chi connectivity index (χ0n) is 9.32. The molecule has 0 radical (unpaired) electrons. The van der Waals surface area contributed by atoms with Crippen LogP contribution in [0.2, 0.25) is 0 Å². The van der Waals surface area contributed by atoms with Crippen molar-refractivity contribution in [1.82, 2.24) is 9.97 Å². The number of carboxylic acid groups (broad SMARTS) is 1. The fraction of sp³-hybridized carbons (Fsp3) is 0.545. The van der Waals surface area contributed by atoms with E-state index in [2.05, 4.69) is 23.8 Å². The number of aromatic nitrogens is 2. The lowest BCUT2D eigenvalue weighted by Gasteiger charge is -2.09. The van der Waals surface area contributed by atoms with Crippen molar-refractivity contribution in [2.24, 2.45) is 5.92 Å². The molecule has 1 heterocycles. The molecule has 0 spiro atoms. The molecule has 0 aliphatic carbocycles.